The summed E-state index contributed by atoms with van der Waals surface area (Å²) in [6.45, 7) is 0.162. The number of anilines is 1. The van der Waals surface area contributed by atoms with Gasteiger partial charge in [0.2, 0.25) is 6.79 Å². The number of carboxylic acid groups (broad SMARTS) is 1. The van der Waals surface area contributed by atoms with Gasteiger partial charge in [-0.3, -0.25) is 14.4 Å². The number of benzene rings is 1. The summed E-state index contributed by atoms with van der Waals surface area (Å²) >= 11 is 1.54. The number of rotatable bonds is 6. The molecule has 1 saturated carbocycles. The molecule has 2 N–H and O–H groups in total. The molecule has 5 rings (SSSR count). The fourth-order valence-electron chi connectivity index (χ4n) is 5.12. The van der Waals surface area contributed by atoms with Crippen LogP contribution in [0.3, 0.4) is 0 Å². The van der Waals surface area contributed by atoms with E-state index in [1.54, 1.807) is 18.2 Å². The van der Waals surface area contributed by atoms with Gasteiger partial charge in [-0.25, -0.2) is 0 Å². The summed E-state index contributed by atoms with van der Waals surface area (Å²) in [6.07, 6.45) is 5.74. The number of amides is 1. The lowest BCUT2D eigenvalue weighted by Gasteiger charge is -2.27. The van der Waals surface area contributed by atoms with Gasteiger partial charge in [-0.2, -0.15) is 0 Å². The van der Waals surface area contributed by atoms with Gasteiger partial charge in [0.25, 0.3) is 5.91 Å². The third-order valence-corrected chi connectivity index (χ3v) is 7.98. The second kappa shape index (κ2) is 8.58. The van der Waals surface area contributed by atoms with Crippen molar-refractivity contribution in [2.24, 2.45) is 11.8 Å². The summed E-state index contributed by atoms with van der Waals surface area (Å²) < 4.78 is 10.7. The molecular formula is C24H25NO6S. The second-order valence-corrected chi connectivity index (χ2v) is 9.85. The number of carboxylic acids is 1. The number of nitrogens with one attached hydrogen (secondary N) is 1. The molecule has 0 spiro atoms. The normalized spacial score (nSPS) is 21.2. The van der Waals surface area contributed by atoms with E-state index in [2.05, 4.69) is 5.32 Å². The van der Waals surface area contributed by atoms with Crippen molar-refractivity contribution in [3.63, 3.8) is 0 Å². The minimum atomic E-state index is -0.891. The molecule has 2 heterocycles. The van der Waals surface area contributed by atoms with Crippen LogP contribution in [0.4, 0.5) is 5.69 Å². The van der Waals surface area contributed by atoms with E-state index in [1.165, 1.54) is 16.2 Å². The molecule has 0 radical (unpaired) electrons. The minimum Gasteiger partial charge on any atom is -0.481 e. The van der Waals surface area contributed by atoms with Crippen LogP contribution in [-0.4, -0.2) is 29.6 Å². The first-order valence-corrected chi connectivity index (χ1v) is 11.9. The van der Waals surface area contributed by atoms with Crippen LogP contribution in [0.2, 0.25) is 0 Å². The van der Waals surface area contributed by atoms with Crippen LogP contribution in [0, 0.1) is 11.8 Å². The molecule has 1 aromatic carbocycles. The molecule has 1 fully saturated rings. The van der Waals surface area contributed by atoms with Gasteiger partial charge in [-0.1, -0.05) is 12.8 Å². The van der Waals surface area contributed by atoms with Gasteiger partial charge < -0.3 is 19.9 Å². The maximum Gasteiger partial charge on any atom is 0.307 e. The molecule has 2 aromatic rings. The fraction of sp³-hybridized carbons (Fsp3) is 0.458. The van der Waals surface area contributed by atoms with E-state index in [1.807, 2.05) is 0 Å². The van der Waals surface area contributed by atoms with E-state index in [4.69, 9.17) is 9.47 Å². The average molecular weight is 456 g/mol. The quantitative estimate of drug-likeness (QED) is 0.676. The Hall–Kier alpha value is -2.87. The Labute approximate surface area is 189 Å². The van der Waals surface area contributed by atoms with Gasteiger partial charge in [-0.05, 0) is 49.8 Å². The molecule has 2 unspecified atom stereocenters. The maximum atomic E-state index is 13.3. The monoisotopic (exact) mass is 455 g/mol. The Kier molecular flexibility index (Phi) is 5.63. The zero-order valence-corrected chi connectivity index (χ0v) is 18.5. The number of aliphatic carboxylic acids is 1. The molecule has 168 valence electrons. The minimum absolute atomic E-state index is 0.0610. The van der Waals surface area contributed by atoms with Gasteiger partial charge in [0.1, 0.15) is 5.78 Å². The number of ketones is 1. The molecule has 2 atom stereocenters. The number of hydrogen-bond acceptors (Lipinski definition) is 6. The van der Waals surface area contributed by atoms with Crippen LogP contribution in [0.15, 0.2) is 18.2 Å². The number of ether oxygens (including phenoxy) is 2. The number of fused-ring (bicyclic) bond motifs is 2. The number of carbonyl (C=O) groups excluding carboxylic acids is 2. The predicted molar refractivity (Wildman–Crippen MR) is 119 cm³/mol. The highest BCUT2D eigenvalue weighted by Gasteiger charge is 2.37. The van der Waals surface area contributed by atoms with E-state index >= 15 is 0 Å². The largest absolute Gasteiger partial charge is 0.481 e. The third-order valence-electron chi connectivity index (χ3n) is 6.68. The van der Waals surface area contributed by atoms with Gasteiger partial charge in [0.05, 0.1) is 11.5 Å². The molecule has 1 amide bonds. The number of Topliss-reactive ketones (excluding diaryl/α,β-unsaturated/α-hetero) is 1. The number of hydrogen-bond donors (Lipinski definition) is 2. The van der Waals surface area contributed by atoms with Crippen molar-refractivity contribution in [2.45, 2.75) is 51.4 Å². The van der Waals surface area contributed by atoms with E-state index in [-0.39, 0.29) is 24.9 Å². The summed E-state index contributed by atoms with van der Waals surface area (Å²) in [5.74, 6) is -1.04. The van der Waals surface area contributed by atoms with Gasteiger partial charge >= 0.3 is 5.97 Å². The third kappa shape index (κ3) is 3.88. The van der Waals surface area contributed by atoms with Crippen molar-refractivity contribution < 1.29 is 29.0 Å². The summed E-state index contributed by atoms with van der Waals surface area (Å²) in [6, 6.07) is 5.26. The molecule has 1 aromatic heterocycles. The first kappa shape index (κ1) is 21.0. The predicted octanol–water partition coefficient (Wildman–Crippen LogP) is 4.22. The SMILES string of the molecule is O=C(Nc1ccc2c(c1)OCO2)c1c(CC(=O)C2CCCCC2C(=O)O)sc2c1CCC2. The molecular weight excluding hydrogens is 430 g/mol. The van der Waals surface area contributed by atoms with E-state index in [0.717, 1.165) is 42.5 Å². The van der Waals surface area contributed by atoms with Crippen LogP contribution < -0.4 is 14.8 Å². The zero-order valence-electron chi connectivity index (χ0n) is 17.6. The van der Waals surface area contributed by atoms with Gasteiger partial charge in [0.15, 0.2) is 11.5 Å². The van der Waals surface area contributed by atoms with Crippen molar-refractivity contribution in [3.05, 3.63) is 39.1 Å². The lowest BCUT2D eigenvalue weighted by Crippen LogP contribution is -2.33. The van der Waals surface area contributed by atoms with Crippen molar-refractivity contribution >= 4 is 34.7 Å². The van der Waals surface area contributed by atoms with E-state index < -0.39 is 17.8 Å². The van der Waals surface area contributed by atoms with Crippen molar-refractivity contribution in [2.75, 3.05) is 12.1 Å². The molecule has 7 nitrogen and oxygen atoms in total. The summed E-state index contributed by atoms with van der Waals surface area (Å²) in [7, 11) is 0. The summed E-state index contributed by atoms with van der Waals surface area (Å²) in [5.41, 5.74) is 2.23. The Balaban J connectivity index is 1.39. The van der Waals surface area contributed by atoms with Crippen molar-refractivity contribution in [1.29, 1.82) is 0 Å². The van der Waals surface area contributed by atoms with Crippen molar-refractivity contribution in [3.8, 4) is 11.5 Å². The number of carbonyl (C=O) groups is 3. The highest BCUT2D eigenvalue weighted by molar-refractivity contribution is 7.12. The smallest absolute Gasteiger partial charge is 0.307 e. The van der Waals surface area contributed by atoms with Crippen LogP contribution in [0.1, 0.15) is 57.8 Å². The van der Waals surface area contributed by atoms with Crippen LogP contribution in [-0.2, 0) is 28.9 Å². The zero-order chi connectivity index (χ0) is 22.2. The van der Waals surface area contributed by atoms with Gasteiger partial charge in [0, 0.05) is 33.8 Å². The highest BCUT2D eigenvalue weighted by atomic mass is 32.1. The molecule has 3 aliphatic rings. The van der Waals surface area contributed by atoms with Gasteiger partial charge in [-0.15, -0.1) is 11.3 Å². The molecule has 2 aliphatic carbocycles. The molecule has 32 heavy (non-hydrogen) atoms. The molecule has 0 bridgehead atoms. The average Bonchev–Trinajstić information content (AvgIpc) is 3.49. The van der Waals surface area contributed by atoms with Crippen LogP contribution in [0.5, 0.6) is 11.5 Å². The summed E-state index contributed by atoms with van der Waals surface area (Å²) in [4.78, 5) is 40.0. The van der Waals surface area contributed by atoms with E-state index in [9.17, 15) is 19.5 Å². The Morgan fingerprint density at radius 3 is 2.62 bits per heavy atom. The highest BCUT2D eigenvalue weighted by Crippen LogP contribution is 2.39. The van der Waals surface area contributed by atoms with Crippen molar-refractivity contribution in [1.82, 2.24) is 0 Å². The Bertz CT molecular complexity index is 1090. The molecule has 8 heteroatoms. The van der Waals surface area contributed by atoms with E-state index in [0.29, 0.717) is 35.6 Å². The second-order valence-electron chi connectivity index (χ2n) is 8.66. The Morgan fingerprint density at radius 1 is 1.03 bits per heavy atom. The lowest BCUT2D eigenvalue weighted by atomic mass is 9.76. The first-order chi connectivity index (χ1) is 15.5. The van der Waals surface area contributed by atoms with Crippen LogP contribution >= 0.6 is 11.3 Å². The van der Waals surface area contributed by atoms with Crippen LogP contribution in [0.25, 0.3) is 0 Å². The topological polar surface area (TPSA) is 102 Å². The standard InChI is InChI=1S/C24H25NO6S/c26-17(14-4-1-2-5-15(14)24(28)29)11-21-22(16-6-3-7-20(16)32-21)23(27)25-13-8-9-18-19(10-13)31-12-30-18/h8-10,14-15H,1-7,11-12H2,(H,25,27)(H,28,29). The summed E-state index contributed by atoms with van der Waals surface area (Å²) in [5, 5.41) is 12.5. The molecule has 0 saturated heterocycles. The Morgan fingerprint density at radius 2 is 1.81 bits per heavy atom. The fourth-order valence-corrected chi connectivity index (χ4v) is 6.52. The first-order valence-electron chi connectivity index (χ1n) is 11.1. The number of thiophene rings is 1. The molecule has 1 aliphatic heterocycles. The lowest BCUT2D eigenvalue weighted by molar-refractivity contribution is -0.148. The number of aryl methyl sites for hydroxylation is 1. The maximum absolute atomic E-state index is 13.3.